The van der Waals surface area contributed by atoms with E-state index in [1.165, 1.54) is 19.2 Å². The Morgan fingerprint density at radius 2 is 1.55 bits per heavy atom. The highest BCUT2D eigenvalue weighted by atomic mass is 32.2. The number of nitrogens with one attached hydrogen (secondary N) is 2. The molecule has 0 aliphatic heterocycles. The zero-order valence-corrected chi connectivity index (χ0v) is 17.0. The molecule has 7 heteroatoms. The smallest absolute Gasteiger partial charge is 0.243 e. The lowest BCUT2D eigenvalue weighted by Gasteiger charge is -2.16. The van der Waals surface area contributed by atoms with Crippen molar-refractivity contribution >= 4 is 27.1 Å². The molecule has 150 valence electrons. The molecule has 0 bridgehead atoms. The van der Waals surface area contributed by atoms with Crippen LogP contribution in [0.3, 0.4) is 0 Å². The van der Waals surface area contributed by atoms with Gasteiger partial charge in [0.15, 0.2) is 0 Å². The average molecular weight is 410 g/mol. The molecule has 29 heavy (non-hydrogen) atoms. The molecule has 0 aliphatic rings. The van der Waals surface area contributed by atoms with Gasteiger partial charge >= 0.3 is 0 Å². The van der Waals surface area contributed by atoms with Crippen LogP contribution < -0.4 is 15.4 Å². The number of aryl methyl sites for hydroxylation is 1. The molecule has 0 saturated carbocycles. The second-order valence-electron chi connectivity index (χ2n) is 6.37. The first-order valence-corrected chi connectivity index (χ1v) is 10.5. The molecule has 6 nitrogen and oxygen atoms in total. The quantitative estimate of drug-likeness (QED) is 0.617. The Morgan fingerprint density at radius 1 is 0.897 bits per heavy atom. The van der Waals surface area contributed by atoms with Crippen LogP contribution >= 0.6 is 0 Å². The Bertz CT molecular complexity index is 1110. The van der Waals surface area contributed by atoms with E-state index < -0.39 is 9.84 Å². The van der Waals surface area contributed by atoms with Crippen molar-refractivity contribution in [1.82, 2.24) is 0 Å². The van der Waals surface area contributed by atoms with Crippen LogP contribution in [0.1, 0.15) is 5.56 Å². The van der Waals surface area contributed by atoms with Gasteiger partial charge in [-0.15, -0.1) is 0 Å². The van der Waals surface area contributed by atoms with Gasteiger partial charge in [-0.2, -0.15) is 0 Å². The number of carbonyl (C=O) groups excluding carboxylic acids is 1. The minimum Gasteiger partial charge on any atom is -0.495 e. The second kappa shape index (κ2) is 8.79. The average Bonchev–Trinajstić information content (AvgIpc) is 2.74. The number of rotatable bonds is 7. The Labute approximate surface area is 170 Å². The molecule has 3 aromatic rings. The van der Waals surface area contributed by atoms with Crippen LogP contribution in [0.4, 0.5) is 11.4 Å². The van der Waals surface area contributed by atoms with Crippen LogP contribution in [-0.2, 0) is 14.6 Å². The summed E-state index contributed by atoms with van der Waals surface area (Å²) in [5.41, 5.74) is 1.95. The Hall–Kier alpha value is -3.32. The second-order valence-corrected chi connectivity index (χ2v) is 8.26. The van der Waals surface area contributed by atoms with E-state index in [1.54, 1.807) is 36.4 Å². The van der Waals surface area contributed by atoms with Crippen LogP contribution in [-0.4, -0.2) is 28.0 Å². The third kappa shape index (κ3) is 4.57. The maximum Gasteiger partial charge on any atom is 0.243 e. The molecule has 0 unspecified atom stereocenters. The van der Waals surface area contributed by atoms with E-state index in [0.29, 0.717) is 11.4 Å². The van der Waals surface area contributed by atoms with Crippen molar-refractivity contribution < 1.29 is 17.9 Å². The van der Waals surface area contributed by atoms with E-state index >= 15 is 0 Å². The number of amides is 1. The molecule has 0 saturated heterocycles. The van der Waals surface area contributed by atoms with Crippen LogP contribution in [0.2, 0.25) is 0 Å². The number of sulfone groups is 1. The summed E-state index contributed by atoms with van der Waals surface area (Å²) in [4.78, 5) is 12.5. The van der Waals surface area contributed by atoms with Crippen LogP contribution in [0.15, 0.2) is 82.6 Å². The number of para-hydroxylation sites is 1. The number of benzene rings is 3. The number of hydrogen-bond donors (Lipinski definition) is 2. The summed E-state index contributed by atoms with van der Waals surface area (Å²) in [6, 6.07) is 20.4. The van der Waals surface area contributed by atoms with E-state index in [9.17, 15) is 13.2 Å². The summed E-state index contributed by atoms with van der Waals surface area (Å²) in [7, 11) is -2.43. The van der Waals surface area contributed by atoms with Crippen molar-refractivity contribution in [3.63, 3.8) is 0 Å². The first-order valence-electron chi connectivity index (χ1n) is 9.00. The summed E-state index contributed by atoms with van der Waals surface area (Å²) in [6.45, 7) is 1.80. The molecule has 3 rings (SSSR count). The predicted molar refractivity (Wildman–Crippen MR) is 113 cm³/mol. The first-order chi connectivity index (χ1) is 13.9. The lowest BCUT2D eigenvalue weighted by Crippen LogP contribution is -2.23. The van der Waals surface area contributed by atoms with Crippen LogP contribution in [0, 0.1) is 6.92 Å². The number of hydrogen-bond acceptors (Lipinski definition) is 5. The maximum absolute atomic E-state index is 13.2. The van der Waals surface area contributed by atoms with E-state index in [2.05, 4.69) is 10.6 Å². The van der Waals surface area contributed by atoms with Gasteiger partial charge in [-0.3, -0.25) is 4.79 Å². The molecule has 0 heterocycles. The van der Waals surface area contributed by atoms with E-state index in [0.717, 1.165) is 5.56 Å². The number of methoxy groups -OCH3 is 1. The zero-order valence-electron chi connectivity index (χ0n) is 16.2. The van der Waals surface area contributed by atoms with E-state index in [4.69, 9.17) is 4.74 Å². The van der Waals surface area contributed by atoms with Crippen LogP contribution in [0.5, 0.6) is 5.75 Å². The van der Waals surface area contributed by atoms with Crippen molar-refractivity contribution in [2.45, 2.75) is 16.7 Å². The lowest BCUT2D eigenvalue weighted by molar-refractivity contribution is -0.114. The number of carbonyl (C=O) groups is 1. The highest BCUT2D eigenvalue weighted by Gasteiger charge is 2.26. The van der Waals surface area contributed by atoms with Crippen molar-refractivity contribution in [3.05, 3.63) is 78.4 Å². The minimum atomic E-state index is -3.85. The fourth-order valence-corrected chi connectivity index (χ4v) is 4.49. The minimum absolute atomic E-state index is 0.00242. The van der Waals surface area contributed by atoms with Gasteiger partial charge in [-0.1, -0.05) is 42.5 Å². The highest BCUT2D eigenvalue weighted by molar-refractivity contribution is 7.91. The standard InChI is InChI=1S/C22H22N2O4S/c1-16-9-6-7-12-18(16)24-21(25)15-23-19-13-8-14-20(28-2)22(19)29(26,27)17-10-4-3-5-11-17/h3-14,23H,15H2,1-2H3,(H,24,25). The van der Waals surface area contributed by atoms with E-state index in [-0.39, 0.29) is 28.0 Å². The summed E-state index contributed by atoms with van der Waals surface area (Å²) in [6.07, 6.45) is 0. The molecule has 3 aromatic carbocycles. The summed E-state index contributed by atoms with van der Waals surface area (Å²) in [5.74, 6) is -0.0802. The Balaban J connectivity index is 1.87. The molecule has 1 amide bonds. The lowest BCUT2D eigenvalue weighted by atomic mass is 10.2. The van der Waals surface area contributed by atoms with Crippen molar-refractivity contribution in [3.8, 4) is 5.75 Å². The van der Waals surface area contributed by atoms with Crippen molar-refractivity contribution in [1.29, 1.82) is 0 Å². The molecule has 0 radical (unpaired) electrons. The summed E-state index contributed by atoms with van der Waals surface area (Å²) in [5, 5.41) is 5.75. The van der Waals surface area contributed by atoms with Gasteiger partial charge in [0.05, 0.1) is 24.2 Å². The van der Waals surface area contributed by atoms with Gasteiger partial charge in [0, 0.05) is 5.69 Å². The van der Waals surface area contributed by atoms with Crippen molar-refractivity contribution in [2.24, 2.45) is 0 Å². The zero-order chi connectivity index (χ0) is 20.9. The van der Waals surface area contributed by atoms with Gasteiger partial charge in [-0.25, -0.2) is 8.42 Å². The fourth-order valence-electron chi connectivity index (χ4n) is 2.89. The molecule has 0 aromatic heterocycles. The largest absolute Gasteiger partial charge is 0.495 e. The van der Waals surface area contributed by atoms with Gasteiger partial charge in [-0.05, 0) is 42.8 Å². The monoisotopic (exact) mass is 410 g/mol. The molecule has 0 fully saturated rings. The maximum atomic E-state index is 13.2. The molecule has 0 spiro atoms. The topological polar surface area (TPSA) is 84.5 Å². The summed E-state index contributed by atoms with van der Waals surface area (Å²) < 4.78 is 31.7. The Morgan fingerprint density at radius 3 is 2.24 bits per heavy atom. The predicted octanol–water partition coefficient (Wildman–Crippen LogP) is 3.89. The molecule has 0 aliphatic carbocycles. The van der Waals surface area contributed by atoms with Gasteiger partial charge in [0.1, 0.15) is 10.6 Å². The van der Waals surface area contributed by atoms with Gasteiger partial charge in [0.2, 0.25) is 15.7 Å². The highest BCUT2D eigenvalue weighted by Crippen LogP contribution is 2.35. The molecule has 2 N–H and O–H groups in total. The van der Waals surface area contributed by atoms with Gasteiger partial charge in [0.25, 0.3) is 0 Å². The van der Waals surface area contributed by atoms with Crippen LogP contribution in [0.25, 0.3) is 0 Å². The molecular formula is C22H22N2O4S. The fraction of sp³-hybridized carbons (Fsp3) is 0.136. The van der Waals surface area contributed by atoms with Crippen molar-refractivity contribution in [2.75, 3.05) is 24.3 Å². The Kier molecular flexibility index (Phi) is 6.19. The molecular weight excluding hydrogens is 388 g/mol. The summed E-state index contributed by atoms with van der Waals surface area (Å²) >= 11 is 0. The van der Waals surface area contributed by atoms with Gasteiger partial charge < -0.3 is 15.4 Å². The first kappa shape index (κ1) is 20.4. The third-order valence-corrected chi connectivity index (χ3v) is 6.23. The third-order valence-electron chi connectivity index (χ3n) is 4.38. The van der Waals surface area contributed by atoms with E-state index in [1.807, 2.05) is 31.2 Å². The molecule has 0 atom stereocenters. The normalized spacial score (nSPS) is 11.0. The number of ether oxygens (including phenoxy) is 1. The SMILES string of the molecule is COc1cccc(NCC(=O)Nc2ccccc2C)c1S(=O)(=O)c1ccccc1. The number of anilines is 2.